The summed E-state index contributed by atoms with van der Waals surface area (Å²) in [5.74, 6) is 0.969. The first-order chi connectivity index (χ1) is 10.5. The first kappa shape index (κ1) is 15.6. The van der Waals surface area contributed by atoms with E-state index in [0.29, 0.717) is 22.4 Å². The van der Waals surface area contributed by atoms with E-state index in [4.69, 9.17) is 17.0 Å². The lowest BCUT2D eigenvalue weighted by molar-refractivity contribution is -0.384. The molecule has 1 aromatic heterocycles. The predicted molar refractivity (Wildman–Crippen MR) is 88.5 cm³/mol. The quantitative estimate of drug-likeness (QED) is 0.508. The first-order valence-electron chi connectivity index (χ1n) is 6.33. The van der Waals surface area contributed by atoms with Gasteiger partial charge in [-0.2, -0.15) is 0 Å². The molecular formula is C14H14N4O3S. The number of anilines is 2. The van der Waals surface area contributed by atoms with Crippen molar-refractivity contribution in [2.75, 3.05) is 17.7 Å². The summed E-state index contributed by atoms with van der Waals surface area (Å²) in [6.45, 7) is 1.91. The average molecular weight is 318 g/mol. The summed E-state index contributed by atoms with van der Waals surface area (Å²) in [6, 6.07) is 7.98. The molecule has 1 aromatic carbocycles. The van der Waals surface area contributed by atoms with Crippen LogP contribution in [0.4, 0.5) is 17.2 Å². The van der Waals surface area contributed by atoms with Crippen LogP contribution in [0.5, 0.6) is 5.75 Å². The van der Waals surface area contributed by atoms with Crippen molar-refractivity contribution in [3.05, 3.63) is 52.2 Å². The maximum atomic E-state index is 10.8. The third kappa shape index (κ3) is 3.67. The number of nitro benzene ring substituents is 1. The zero-order valence-corrected chi connectivity index (χ0v) is 12.8. The highest BCUT2D eigenvalue weighted by atomic mass is 32.1. The number of aromatic nitrogens is 1. The van der Waals surface area contributed by atoms with Gasteiger partial charge >= 0.3 is 0 Å². The Bertz CT molecular complexity index is 721. The van der Waals surface area contributed by atoms with Gasteiger partial charge in [-0.15, -0.1) is 0 Å². The molecule has 0 radical (unpaired) electrons. The Hall–Kier alpha value is -2.74. The van der Waals surface area contributed by atoms with E-state index in [1.165, 1.54) is 25.3 Å². The Labute approximate surface area is 132 Å². The molecular weight excluding hydrogens is 304 g/mol. The van der Waals surface area contributed by atoms with Crippen LogP contribution in [0, 0.1) is 17.0 Å². The molecule has 0 saturated heterocycles. The summed E-state index contributed by atoms with van der Waals surface area (Å²) in [6.07, 6.45) is 1.66. The van der Waals surface area contributed by atoms with E-state index in [9.17, 15) is 10.1 Å². The lowest BCUT2D eigenvalue weighted by Crippen LogP contribution is -2.20. The molecule has 8 heteroatoms. The van der Waals surface area contributed by atoms with Gasteiger partial charge in [-0.3, -0.25) is 10.1 Å². The molecule has 0 aliphatic heterocycles. The molecule has 2 rings (SSSR count). The van der Waals surface area contributed by atoms with Crippen LogP contribution in [0.2, 0.25) is 0 Å². The van der Waals surface area contributed by atoms with Gasteiger partial charge in [0.05, 0.1) is 23.8 Å². The number of nitro groups is 1. The Balaban J connectivity index is 2.15. The number of non-ortho nitro benzene ring substituents is 1. The molecule has 2 aromatic rings. The van der Waals surface area contributed by atoms with Gasteiger partial charge in [0.2, 0.25) is 0 Å². The predicted octanol–water partition coefficient (Wildman–Crippen LogP) is 3.12. The van der Waals surface area contributed by atoms with Crippen molar-refractivity contribution < 1.29 is 9.66 Å². The van der Waals surface area contributed by atoms with Crippen LogP contribution in [-0.4, -0.2) is 22.1 Å². The molecule has 0 amide bonds. The lowest BCUT2D eigenvalue weighted by atomic mass is 10.2. The van der Waals surface area contributed by atoms with Gasteiger partial charge < -0.3 is 15.4 Å². The van der Waals surface area contributed by atoms with Crippen molar-refractivity contribution in [1.82, 2.24) is 4.98 Å². The molecule has 7 nitrogen and oxygen atoms in total. The van der Waals surface area contributed by atoms with Crippen LogP contribution in [0.15, 0.2) is 36.5 Å². The van der Waals surface area contributed by atoms with Crippen LogP contribution in [0.1, 0.15) is 5.56 Å². The highest BCUT2D eigenvalue weighted by Gasteiger charge is 2.12. The monoisotopic (exact) mass is 318 g/mol. The fraction of sp³-hybridized carbons (Fsp3) is 0.143. The zero-order valence-electron chi connectivity index (χ0n) is 12.0. The van der Waals surface area contributed by atoms with Gasteiger partial charge in [0.15, 0.2) is 5.11 Å². The van der Waals surface area contributed by atoms with Gasteiger partial charge in [-0.25, -0.2) is 4.98 Å². The normalized spacial score (nSPS) is 9.91. The molecule has 22 heavy (non-hydrogen) atoms. The van der Waals surface area contributed by atoms with Gasteiger partial charge in [-0.05, 0) is 36.8 Å². The number of nitrogens with zero attached hydrogens (tertiary/aromatic N) is 2. The van der Waals surface area contributed by atoms with Crippen LogP contribution in [0.25, 0.3) is 0 Å². The SMILES string of the molecule is COc1cc([N+](=O)[O-])ccc1NC(=S)Nc1ncccc1C. The van der Waals surface area contributed by atoms with E-state index in [-0.39, 0.29) is 5.69 Å². The second-order valence-electron chi connectivity index (χ2n) is 4.39. The fourth-order valence-electron chi connectivity index (χ4n) is 1.77. The number of thiocarbonyl (C=S) groups is 1. The van der Waals surface area contributed by atoms with Crippen molar-refractivity contribution in [3.8, 4) is 5.75 Å². The molecule has 0 atom stereocenters. The molecule has 2 N–H and O–H groups in total. The first-order valence-corrected chi connectivity index (χ1v) is 6.74. The van der Waals surface area contributed by atoms with Crippen molar-refractivity contribution in [2.24, 2.45) is 0 Å². The van der Waals surface area contributed by atoms with Crippen molar-refractivity contribution in [1.29, 1.82) is 0 Å². The highest BCUT2D eigenvalue weighted by molar-refractivity contribution is 7.80. The summed E-state index contributed by atoms with van der Waals surface area (Å²) < 4.78 is 5.14. The van der Waals surface area contributed by atoms with Crippen LogP contribution in [0.3, 0.4) is 0 Å². The minimum absolute atomic E-state index is 0.0538. The summed E-state index contributed by atoms with van der Waals surface area (Å²) in [7, 11) is 1.43. The second kappa shape index (κ2) is 6.81. The zero-order chi connectivity index (χ0) is 16.1. The summed E-state index contributed by atoms with van der Waals surface area (Å²) in [4.78, 5) is 14.5. The number of aryl methyl sites for hydroxylation is 1. The maximum Gasteiger partial charge on any atom is 0.273 e. The van der Waals surface area contributed by atoms with Crippen molar-refractivity contribution in [3.63, 3.8) is 0 Å². The van der Waals surface area contributed by atoms with E-state index < -0.39 is 4.92 Å². The highest BCUT2D eigenvalue weighted by Crippen LogP contribution is 2.29. The minimum atomic E-state index is -0.486. The molecule has 114 valence electrons. The van der Waals surface area contributed by atoms with Crippen LogP contribution < -0.4 is 15.4 Å². The van der Waals surface area contributed by atoms with Crippen molar-refractivity contribution in [2.45, 2.75) is 6.92 Å². The molecule has 0 spiro atoms. The number of hydrogen-bond donors (Lipinski definition) is 2. The van der Waals surface area contributed by atoms with Gasteiger partial charge in [0.25, 0.3) is 5.69 Å². The number of methoxy groups -OCH3 is 1. The largest absolute Gasteiger partial charge is 0.494 e. The Kier molecular flexibility index (Phi) is 4.84. The number of pyridine rings is 1. The molecule has 0 aliphatic rings. The van der Waals surface area contributed by atoms with Gasteiger partial charge in [0.1, 0.15) is 11.6 Å². The maximum absolute atomic E-state index is 10.8. The third-order valence-corrected chi connectivity index (χ3v) is 3.09. The smallest absolute Gasteiger partial charge is 0.273 e. The van der Waals surface area contributed by atoms with Crippen LogP contribution >= 0.6 is 12.2 Å². The Morgan fingerprint density at radius 2 is 2.14 bits per heavy atom. The van der Waals surface area contributed by atoms with E-state index in [1.54, 1.807) is 6.20 Å². The molecule has 0 fully saturated rings. The molecule has 0 aliphatic carbocycles. The van der Waals surface area contributed by atoms with Gasteiger partial charge in [0, 0.05) is 12.3 Å². The molecule has 0 bridgehead atoms. The number of ether oxygens (including phenoxy) is 1. The summed E-state index contributed by atoms with van der Waals surface area (Å²) in [5.41, 5.74) is 1.42. The Morgan fingerprint density at radius 1 is 1.36 bits per heavy atom. The van der Waals surface area contributed by atoms with Crippen LogP contribution in [-0.2, 0) is 0 Å². The average Bonchev–Trinajstić information content (AvgIpc) is 2.49. The number of benzene rings is 1. The van der Waals surface area contributed by atoms with E-state index >= 15 is 0 Å². The molecule has 1 heterocycles. The number of nitrogens with one attached hydrogen (secondary N) is 2. The van der Waals surface area contributed by atoms with Crippen molar-refractivity contribution >= 4 is 34.5 Å². The number of rotatable bonds is 4. The minimum Gasteiger partial charge on any atom is -0.494 e. The van der Waals surface area contributed by atoms with Gasteiger partial charge in [-0.1, -0.05) is 6.07 Å². The topological polar surface area (TPSA) is 89.3 Å². The van der Waals surface area contributed by atoms with E-state index in [1.807, 2.05) is 19.1 Å². The Morgan fingerprint density at radius 3 is 2.77 bits per heavy atom. The summed E-state index contributed by atoms with van der Waals surface area (Å²) in [5, 5.41) is 17.0. The van der Waals surface area contributed by atoms with E-state index in [0.717, 1.165) is 5.56 Å². The summed E-state index contributed by atoms with van der Waals surface area (Å²) >= 11 is 5.22. The standard InChI is InChI=1S/C14H14N4O3S/c1-9-4-3-7-15-13(9)17-14(22)16-11-6-5-10(18(19)20)8-12(11)21-2/h3-8H,1-2H3,(H2,15,16,17,22). The molecule has 0 saturated carbocycles. The third-order valence-electron chi connectivity index (χ3n) is 2.89. The molecule has 0 unspecified atom stereocenters. The fourth-order valence-corrected chi connectivity index (χ4v) is 1.98. The van der Waals surface area contributed by atoms with E-state index in [2.05, 4.69) is 15.6 Å². The lowest BCUT2D eigenvalue weighted by Gasteiger charge is -2.13. The number of hydrogen-bond acceptors (Lipinski definition) is 5. The second-order valence-corrected chi connectivity index (χ2v) is 4.80.